The molecule has 1 fully saturated rings. The highest BCUT2D eigenvalue weighted by Gasteiger charge is 2.31. The van der Waals surface area contributed by atoms with Crippen molar-refractivity contribution in [3.8, 4) is 11.3 Å². The van der Waals surface area contributed by atoms with Crippen LogP contribution in [-0.4, -0.2) is 55.4 Å². The van der Waals surface area contributed by atoms with E-state index in [4.69, 9.17) is 5.73 Å². The molecule has 5 rings (SSSR count). The van der Waals surface area contributed by atoms with Gasteiger partial charge in [-0.05, 0) is 43.8 Å². The molecule has 3 aromatic carbocycles. The van der Waals surface area contributed by atoms with E-state index >= 15 is 0 Å². The highest BCUT2D eigenvalue weighted by atomic mass is 32.2. The summed E-state index contributed by atoms with van der Waals surface area (Å²) in [4.78, 5) is 15.6. The molecule has 0 amide bonds. The zero-order valence-corrected chi connectivity index (χ0v) is 22.8. The van der Waals surface area contributed by atoms with Crippen LogP contribution in [-0.2, 0) is 10.0 Å². The second kappa shape index (κ2) is 10.2. The molecule has 39 heavy (non-hydrogen) atoms. The third-order valence-corrected chi connectivity index (χ3v) is 9.34. The highest BCUT2D eigenvalue weighted by molar-refractivity contribution is 7.90. The van der Waals surface area contributed by atoms with Gasteiger partial charge in [-0.25, -0.2) is 12.4 Å². The molecule has 4 aromatic rings. The maximum Gasteiger partial charge on any atom is 0.292 e. The predicted octanol–water partition coefficient (Wildman–Crippen LogP) is 4.96. The van der Waals surface area contributed by atoms with Gasteiger partial charge in [-0.15, -0.1) is 6.58 Å². The smallest absolute Gasteiger partial charge is 0.292 e. The van der Waals surface area contributed by atoms with Crippen LogP contribution >= 0.6 is 0 Å². The summed E-state index contributed by atoms with van der Waals surface area (Å²) in [6, 6.07) is 19.2. The van der Waals surface area contributed by atoms with Gasteiger partial charge in [0.05, 0.1) is 16.1 Å². The second-order valence-electron chi connectivity index (χ2n) is 9.97. The topological polar surface area (TPSA) is 115 Å². The number of aryl methyl sites for hydroxylation is 1. The molecule has 1 unspecified atom stereocenters. The Morgan fingerprint density at radius 2 is 1.69 bits per heavy atom. The first kappa shape index (κ1) is 26.5. The largest absolute Gasteiger partial charge is 0.393 e. The molecule has 2 heterocycles. The van der Waals surface area contributed by atoms with Crippen molar-refractivity contribution in [1.29, 1.82) is 0 Å². The maximum absolute atomic E-state index is 14.4. The Labute approximate surface area is 228 Å². The van der Waals surface area contributed by atoms with E-state index in [1.807, 2.05) is 37.3 Å². The van der Waals surface area contributed by atoms with Crippen LogP contribution in [0.2, 0.25) is 0 Å². The van der Waals surface area contributed by atoms with E-state index in [0.717, 1.165) is 37.4 Å². The number of aromatic nitrogens is 1. The molecule has 1 atom stereocenters. The summed E-state index contributed by atoms with van der Waals surface area (Å²) in [7, 11) is -2.03. The zero-order valence-electron chi connectivity index (χ0n) is 21.9. The lowest BCUT2D eigenvalue weighted by Gasteiger charge is -2.34. The fourth-order valence-corrected chi connectivity index (χ4v) is 6.90. The number of benzene rings is 3. The Hall–Kier alpha value is -4.15. The van der Waals surface area contributed by atoms with E-state index in [2.05, 4.69) is 23.4 Å². The lowest BCUT2D eigenvalue weighted by atomic mass is 10.1. The summed E-state index contributed by atoms with van der Waals surface area (Å²) in [5.74, 6) is 0. The molecule has 9 nitrogen and oxygen atoms in total. The van der Waals surface area contributed by atoms with E-state index in [0.29, 0.717) is 27.7 Å². The molecule has 2 N–H and O–H groups in total. The van der Waals surface area contributed by atoms with Gasteiger partial charge in [0.25, 0.3) is 5.69 Å². The molecule has 0 spiro atoms. The molecule has 0 aliphatic carbocycles. The van der Waals surface area contributed by atoms with E-state index in [1.54, 1.807) is 24.3 Å². The van der Waals surface area contributed by atoms with Crippen LogP contribution in [0.1, 0.15) is 16.4 Å². The van der Waals surface area contributed by atoms with Gasteiger partial charge in [-0.3, -0.25) is 10.1 Å². The number of piperazine rings is 1. The Morgan fingerprint density at radius 1 is 1.00 bits per heavy atom. The molecule has 0 bridgehead atoms. The molecule has 0 radical (unpaired) electrons. The molecule has 202 valence electrons. The van der Waals surface area contributed by atoms with Gasteiger partial charge in [-0.1, -0.05) is 48.0 Å². The average Bonchev–Trinajstić information content (AvgIpc) is 3.30. The summed E-state index contributed by atoms with van der Waals surface area (Å²) < 4.78 is 30.2. The van der Waals surface area contributed by atoms with Crippen LogP contribution in [0.5, 0.6) is 0 Å². The molecular formula is C29H31N5O4S. The summed E-state index contributed by atoms with van der Waals surface area (Å²) in [5, 5.41) is 11.3. The van der Waals surface area contributed by atoms with Crippen LogP contribution in [0, 0.1) is 17.0 Å². The quantitative estimate of drug-likeness (QED) is 0.151. The van der Waals surface area contributed by atoms with E-state index in [1.165, 1.54) is 22.2 Å². The number of likely N-dealkylation sites (N-methyl/N-ethyl adjacent to an activating group) is 1. The van der Waals surface area contributed by atoms with Gasteiger partial charge in [0.2, 0.25) is 10.0 Å². The number of anilines is 2. The van der Waals surface area contributed by atoms with Crippen LogP contribution in [0.25, 0.3) is 22.2 Å². The van der Waals surface area contributed by atoms with Gasteiger partial charge < -0.3 is 15.5 Å². The number of nitrogens with zero attached hydrogens (tertiary/aromatic N) is 4. The number of nitro groups is 1. The highest BCUT2D eigenvalue weighted by Crippen LogP contribution is 2.38. The number of rotatable bonds is 7. The van der Waals surface area contributed by atoms with E-state index in [-0.39, 0.29) is 11.4 Å². The monoisotopic (exact) mass is 545 g/mol. The van der Waals surface area contributed by atoms with Gasteiger partial charge in [0.1, 0.15) is 10.9 Å². The summed E-state index contributed by atoms with van der Waals surface area (Å²) in [5.41, 5.74) is 9.30. The summed E-state index contributed by atoms with van der Waals surface area (Å²) >= 11 is 0. The van der Waals surface area contributed by atoms with Crippen molar-refractivity contribution in [3.63, 3.8) is 0 Å². The van der Waals surface area contributed by atoms with Crippen molar-refractivity contribution in [3.05, 3.63) is 101 Å². The first-order chi connectivity index (χ1) is 18.6. The minimum atomic E-state index is -4.11. The van der Waals surface area contributed by atoms with Crippen molar-refractivity contribution in [1.82, 2.24) is 8.87 Å². The molecule has 1 saturated heterocycles. The third-order valence-electron chi connectivity index (χ3n) is 7.33. The third kappa shape index (κ3) is 4.88. The Balaban J connectivity index is 1.75. The summed E-state index contributed by atoms with van der Waals surface area (Å²) in [6.45, 7) is 9.25. The number of nitrogen functional groups attached to an aromatic ring is 1. The first-order valence-electron chi connectivity index (χ1n) is 12.7. The molecule has 1 aliphatic heterocycles. The van der Waals surface area contributed by atoms with Crippen molar-refractivity contribution < 1.29 is 13.3 Å². The Kier molecular flexibility index (Phi) is 6.92. The van der Waals surface area contributed by atoms with Crippen LogP contribution < -0.4 is 10.6 Å². The normalized spacial score (nSPS) is 15.4. The number of hydrogen-bond donors (Lipinski definition) is 1. The number of nitrogens with two attached hydrogens (primary N) is 1. The lowest BCUT2D eigenvalue weighted by Crippen LogP contribution is -2.44. The van der Waals surface area contributed by atoms with Gasteiger partial charge in [0.15, 0.2) is 0 Å². The zero-order chi connectivity index (χ0) is 27.9. The average molecular weight is 546 g/mol. The standard InChI is InChI=1S/C29H31N5O4S/c1-4-29(21-7-5-20(2)6-8-21)39(37,38)33-26(23-10-12-25(30)28(18-23)34(35)36)17-22-9-11-24(19-27(22)33)32-15-13-31(3)14-16-32/h4-12,17-19,29H,1,13-16,30H2,2-3H3. The van der Waals surface area contributed by atoms with Gasteiger partial charge >= 0.3 is 0 Å². The lowest BCUT2D eigenvalue weighted by molar-refractivity contribution is -0.383. The second-order valence-corrected chi connectivity index (χ2v) is 11.9. The molecular weight excluding hydrogens is 514 g/mol. The Morgan fingerprint density at radius 3 is 2.33 bits per heavy atom. The molecule has 1 aliphatic rings. The van der Waals surface area contributed by atoms with Crippen molar-refractivity contribution in [2.75, 3.05) is 43.9 Å². The molecule has 1 aromatic heterocycles. The van der Waals surface area contributed by atoms with Crippen LogP contribution in [0.15, 0.2) is 79.4 Å². The molecule has 10 heteroatoms. The van der Waals surface area contributed by atoms with Crippen molar-refractivity contribution in [2.24, 2.45) is 0 Å². The maximum atomic E-state index is 14.4. The summed E-state index contributed by atoms with van der Waals surface area (Å²) in [6.07, 6.45) is 1.42. The van der Waals surface area contributed by atoms with Crippen LogP contribution in [0.4, 0.5) is 17.1 Å². The fraction of sp³-hybridized carbons (Fsp3) is 0.241. The van der Waals surface area contributed by atoms with E-state index < -0.39 is 20.2 Å². The van der Waals surface area contributed by atoms with E-state index in [9.17, 15) is 18.5 Å². The van der Waals surface area contributed by atoms with Gasteiger partial charge in [0, 0.05) is 48.9 Å². The minimum Gasteiger partial charge on any atom is -0.393 e. The minimum absolute atomic E-state index is 0.00949. The SMILES string of the molecule is C=CC(c1ccc(C)cc1)S(=O)(=O)n1c(-c2ccc(N)c([N+](=O)[O-])c2)cc2ccc(N3CCN(C)CC3)cc21. The fourth-order valence-electron chi connectivity index (χ4n) is 5.06. The first-order valence-corrected chi connectivity index (χ1v) is 14.2. The predicted molar refractivity (Wildman–Crippen MR) is 157 cm³/mol. The molecule has 0 saturated carbocycles. The van der Waals surface area contributed by atoms with Gasteiger partial charge in [-0.2, -0.15) is 0 Å². The number of fused-ring (bicyclic) bond motifs is 1. The van der Waals surface area contributed by atoms with Crippen molar-refractivity contribution >= 4 is 38.0 Å². The van der Waals surface area contributed by atoms with Crippen molar-refractivity contribution in [2.45, 2.75) is 12.2 Å². The van der Waals surface area contributed by atoms with Crippen LogP contribution in [0.3, 0.4) is 0 Å². The Bertz CT molecular complexity index is 1670. The number of hydrogen-bond acceptors (Lipinski definition) is 7. The number of nitro benzene ring substituents is 1.